The number of hydrogen-bond acceptors (Lipinski definition) is 4. The summed E-state index contributed by atoms with van der Waals surface area (Å²) in [6.07, 6.45) is 20.2. The van der Waals surface area contributed by atoms with Gasteiger partial charge in [0, 0.05) is 0 Å². The monoisotopic (exact) mass is 562 g/mol. The maximum absolute atomic E-state index is 4.43. The predicted octanol–water partition coefficient (Wildman–Crippen LogP) is 13.0. The van der Waals surface area contributed by atoms with Gasteiger partial charge in [0.05, 0.1) is 22.7 Å². The molecule has 0 bridgehead atoms. The Bertz CT molecular complexity index is 1240. The predicted molar refractivity (Wildman–Crippen MR) is 176 cm³/mol. The molecule has 0 atom stereocenters. The lowest BCUT2D eigenvalue weighted by molar-refractivity contribution is 0.184. The van der Waals surface area contributed by atoms with Crippen LogP contribution in [0, 0.1) is 30.6 Å². The van der Waals surface area contributed by atoms with Crippen molar-refractivity contribution in [3.63, 3.8) is 0 Å². The van der Waals surface area contributed by atoms with Gasteiger partial charge in [-0.2, -0.15) is 20.5 Å². The van der Waals surface area contributed by atoms with Crippen LogP contribution >= 0.6 is 0 Å². The van der Waals surface area contributed by atoms with Gasteiger partial charge in [-0.1, -0.05) is 107 Å². The van der Waals surface area contributed by atoms with Crippen molar-refractivity contribution in [2.75, 3.05) is 0 Å². The second-order valence-corrected chi connectivity index (χ2v) is 13.1. The summed E-state index contributed by atoms with van der Waals surface area (Å²) in [4.78, 5) is 0. The molecular weight excluding hydrogens is 512 g/mol. The molecule has 0 spiro atoms. The second kappa shape index (κ2) is 15.9. The van der Waals surface area contributed by atoms with E-state index < -0.39 is 0 Å². The number of nitrogens with zero attached hydrogens (tertiary/aromatic N) is 4. The molecule has 4 heteroatoms. The first-order valence-electron chi connectivity index (χ1n) is 16.7. The van der Waals surface area contributed by atoms with E-state index in [9.17, 15) is 0 Å². The van der Waals surface area contributed by atoms with Crippen molar-refractivity contribution in [1.29, 1.82) is 0 Å². The quantitative estimate of drug-likeness (QED) is 0.197. The third-order valence-corrected chi connectivity index (χ3v) is 9.76. The minimum Gasteiger partial charge on any atom is -0.151 e. The molecule has 2 aliphatic rings. The van der Waals surface area contributed by atoms with E-state index in [0.29, 0.717) is 0 Å². The van der Waals surface area contributed by atoms with Gasteiger partial charge in [-0.3, -0.25) is 0 Å². The summed E-state index contributed by atoms with van der Waals surface area (Å²) in [6, 6.07) is 24.3. The lowest BCUT2D eigenvalue weighted by Gasteiger charge is -2.34. The van der Waals surface area contributed by atoms with Crippen molar-refractivity contribution < 1.29 is 0 Å². The van der Waals surface area contributed by atoms with Gasteiger partial charge in [-0.25, -0.2) is 0 Å². The minimum atomic E-state index is 0.798. The molecule has 0 unspecified atom stereocenters. The molecule has 0 amide bonds. The van der Waals surface area contributed by atoms with Crippen molar-refractivity contribution in [3.05, 3.63) is 83.9 Å². The SMILES string of the molecule is CCCC1CCC(CC2CCC(CCCc3ccc(N=Nc4ccc(N=Nc5ccc(C)cc5)cc4)cc3)CC2)CC1. The topological polar surface area (TPSA) is 49.4 Å². The Morgan fingerprint density at radius 1 is 0.500 bits per heavy atom. The number of rotatable bonds is 12. The normalized spacial score (nSPS) is 23.1. The zero-order chi connectivity index (χ0) is 29.0. The maximum Gasteiger partial charge on any atom is 0.0858 e. The van der Waals surface area contributed by atoms with E-state index in [1.807, 2.05) is 48.5 Å². The molecule has 0 heterocycles. The van der Waals surface area contributed by atoms with Gasteiger partial charge >= 0.3 is 0 Å². The van der Waals surface area contributed by atoms with E-state index in [1.165, 1.54) is 94.6 Å². The third kappa shape index (κ3) is 9.71. The Labute approximate surface area is 254 Å². The van der Waals surface area contributed by atoms with Crippen LogP contribution in [0.5, 0.6) is 0 Å². The summed E-state index contributed by atoms with van der Waals surface area (Å²) in [5.74, 6) is 4.04. The van der Waals surface area contributed by atoms with Gasteiger partial charge in [0.25, 0.3) is 0 Å². The van der Waals surface area contributed by atoms with E-state index in [4.69, 9.17) is 0 Å². The largest absolute Gasteiger partial charge is 0.151 e. The molecule has 4 nitrogen and oxygen atoms in total. The summed E-state index contributed by atoms with van der Waals surface area (Å²) in [5, 5.41) is 17.4. The Morgan fingerprint density at radius 2 is 0.881 bits per heavy atom. The van der Waals surface area contributed by atoms with Crippen LogP contribution in [-0.2, 0) is 6.42 Å². The first kappa shape index (κ1) is 30.3. The van der Waals surface area contributed by atoms with Crippen molar-refractivity contribution in [2.45, 2.75) is 104 Å². The van der Waals surface area contributed by atoms with Crippen molar-refractivity contribution in [3.8, 4) is 0 Å². The molecule has 222 valence electrons. The molecule has 42 heavy (non-hydrogen) atoms. The highest BCUT2D eigenvalue weighted by Gasteiger charge is 2.26. The Kier molecular flexibility index (Phi) is 11.5. The molecule has 0 saturated heterocycles. The van der Waals surface area contributed by atoms with Crippen LogP contribution < -0.4 is 0 Å². The molecule has 0 N–H and O–H groups in total. The van der Waals surface area contributed by atoms with E-state index in [-0.39, 0.29) is 0 Å². The fourth-order valence-electron chi connectivity index (χ4n) is 7.14. The zero-order valence-electron chi connectivity index (χ0n) is 25.9. The molecule has 2 aliphatic carbocycles. The first-order chi connectivity index (χ1) is 20.6. The van der Waals surface area contributed by atoms with Crippen LogP contribution in [0.25, 0.3) is 0 Å². The van der Waals surface area contributed by atoms with E-state index in [2.05, 4.69) is 58.6 Å². The summed E-state index contributed by atoms with van der Waals surface area (Å²) >= 11 is 0. The minimum absolute atomic E-state index is 0.798. The average molecular weight is 563 g/mol. The smallest absolute Gasteiger partial charge is 0.0858 e. The second-order valence-electron chi connectivity index (χ2n) is 13.1. The standard InChI is InChI=1S/C38H50N4/c1-3-5-30-10-14-33(15-11-30)28-34-16-12-31(13-17-34)6-4-7-32-18-22-36(23-19-32)40-42-38-26-24-37(25-27-38)41-39-35-20-8-29(2)9-21-35/h8-9,18-27,30-31,33-34H,3-7,10-17,28H2,1-2H3. The molecule has 2 saturated carbocycles. The van der Waals surface area contributed by atoms with Gasteiger partial charge in [0.2, 0.25) is 0 Å². The fourth-order valence-corrected chi connectivity index (χ4v) is 7.14. The number of benzene rings is 3. The molecule has 0 aromatic heterocycles. The van der Waals surface area contributed by atoms with Gasteiger partial charge in [-0.05, 0) is 104 Å². The van der Waals surface area contributed by atoms with Crippen LogP contribution in [0.3, 0.4) is 0 Å². The van der Waals surface area contributed by atoms with Gasteiger partial charge < -0.3 is 0 Å². The first-order valence-corrected chi connectivity index (χ1v) is 16.7. The van der Waals surface area contributed by atoms with Crippen LogP contribution in [-0.4, -0.2) is 0 Å². The Balaban J connectivity index is 0.978. The van der Waals surface area contributed by atoms with Crippen LogP contribution in [0.1, 0.15) is 102 Å². The van der Waals surface area contributed by atoms with Gasteiger partial charge in [-0.15, -0.1) is 0 Å². The van der Waals surface area contributed by atoms with Crippen LogP contribution in [0.15, 0.2) is 93.3 Å². The van der Waals surface area contributed by atoms with Crippen molar-refractivity contribution in [2.24, 2.45) is 44.1 Å². The van der Waals surface area contributed by atoms with Crippen molar-refractivity contribution >= 4 is 22.7 Å². The molecule has 5 rings (SSSR count). The lowest BCUT2D eigenvalue weighted by Crippen LogP contribution is -2.21. The Hall–Kier alpha value is -3.14. The zero-order valence-corrected chi connectivity index (χ0v) is 25.9. The number of aryl methyl sites for hydroxylation is 2. The van der Waals surface area contributed by atoms with Crippen LogP contribution in [0.4, 0.5) is 22.7 Å². The molecule has 3 aromatic carbocycles. The van der Waals surface area contributed by atoms with Crippen molar-refractivity contribution in [1.82, 2.24) is 0 Å². The molecular formula is C38H50N4. The summed E-state index contributed by atoms with van der Waals surface area (Å²) in [6.45, 7) is 4.41. The summed E-state index contributed by atoms with van der Waals surface area (Å²) in [5.41, 5.74) is 5.96. The maximum atomic E-state index is 4.43. The molecule has 2 fully saturated rings. The highest BCUT2D eigenvalue weighted by Crippen LogP contribution is 2.40. The average Bonchev–Trinajstić information content (AvgIpc) is 3.03. The summed E-state index contributed by atoms with van der Waals surface area (Å²) < 4.78 is 0. The highest BCUT2D eigenvalue weighted by molar-refractivity contribution is 5.48. The lowest BCUT2D eigenvalue weighted by atomic mass is 9.72. The Morgan fingerprint density at radius 3 is 1.33 bits per heavy atom. The molecule has 0 radical (unpaired) electrons. The van der Waals surface area contributed by atoms with E-state index >= 15 is 0 Å². The third-order valence-electron chi connectivity index (χ3n) is 9.76. The molecule has 3 aromatic rings. The number of hydrogen-bond donors (Lipinski definition) is 0. The fraction of sp³-hybridized carbons (Fsp3) is 0.526. The van der Waals surface area contributed by atoms with E-state index in [1.54, 1.807) is 0 Å². The van der Waals surface area contributed by atoms with E-state index in [0.717, 1.165) is 52.8 Å². The van der Waals surface area contributed by atoms with Gasteiger partial charge in [0.1, 0.15) is 0 Å². The van der Waals surface area contributed by atoms with Gasteiger partial charge in [0.15, 0.2) is 0 Å². The number of azo groups is 2. The highest BCUT2D eigenvalue weighted by atomic mass is 15.1. The van der Waals surface area contributed by atoms with Crippen LogP contribution in [0.2, 0.25) is 0 Å². The molecule has 0 aliphatic heterocycles. The summed E-state index contributed by atoms with van der Waals surface area (Å²) in [7, 11) is 0.